The number of nitrogens with zero attached hydrogens (tertiary/aromatic N) is 3. The maximum Gasteiger partial charge on any atom is 0.253 e. The van der Waals surface area contributed by atoms with Crippen molar-refractivity contribution in [1.82, 2.24) is 14.7 Å². The van der Waals surface area contributed by atoms with Crippen LogP contribution in [0.4, 0.5) is 5.69 Å². The number of hydrogen-bond acceptors (Lipinski definition) is 5. The van der Waals surface area contributed by atoms with Gasteiger partial charge in [-0.1, -0.05) is 19.3 Å². The molecule has 0 atom stereocenters. The lowest BCUT2D eigenvalue weighted by Gasteiger charge is -2.24. The summed E-state index contributed by atoms with van der Waals surface area (Å²) in [7, 11) is 1.63. The number of carbonyl (C=O) groups is 1. The maximum absolute atomic E-state index is 13.3. The molecular weight excluding hydrogens is 458 g/mol. The zero-order valence-corrected chi connectivity index (χ0v) is 21.3. The van der Waals surface area contributed by atoms with E-state index in [4.69, 9.17) is 9.82 Å². The summed E-state index contributed by atoms with van der Waals surface area (Å²) in [6, 6.07) is 10.6. The van der Waals surface area contributed by atoms with E-state index in [9.17, 15) is 4.79 Å². The fourth-order valence-electron chi connectivity index (χ4n) is 4.72. The molecule has 0 radical (unpaired) electrons. The summed E-state index contributed by atoms with van der Waals surface area (Å²) >= 11 is 1.73. The molecule has 0 aromatic carbocycles. The van der Waals surface area contributed by atoms with Gasteiger partial charge in [0, 0.05) is 46.9 Å². The molecule has 1 aliphatic carbocycles. The molecule has 0 spiro atoms. The van der Waals surface area contributed by atoms with E-state index in [-0.39, 0.29) is 5.91 Å². The zero-order chi connectivity index (χ0) is 24.4. The van der Waals surface area contributed by atoms with Gasteiger partial charge in [-0.15, -0.1) is 11.3 Å². The van der Waals surface area contributed by atoms with E-state index >= 15 is 0 Å². The van der Waals surface area contributed by atoms with Crippen molar-refractivity contribution in [2.24, 2.45) is 0 Å². The third kappa shape index (κ3) is 5.03. The molecular formula is C27H32N5O2S+. The van der Waals surface area contributed by atoms with Crippen LogP contribution in [0.15, 0.2) is 48.9 Å². The zero-order valence-electron chi connectivity index (χ0n) is 20.5. The highest BCUT2D eigenvalue weighted by Gasteiger charge is 2.20. The predicted molar refractivity (Wildman–Crippen MR) is 139 cm³/mol. The number of aryl methyl sites for hydroxylation is 2. The number of imidazole rings is 1. The highest BCUT2D eigenvalue weighted by atomic mass is 32.1. The van der Waals surface area contributed by atoms with Crippen molar-refractivity contribution in [3.05, 3.63) is 70.6 Å². The molecule has 0 aliphatic heterocycles. The van der Waals surface area contributed by atoms with Crippen LogP contribution in [0.1, 0.15) is 58.6 Å². The van der Waals surface area contributed by atoms with Crippen LogP contribution in [0.25, 0.3) is 16.2 Å². The number of carbonyl (C=O) groups excluding carboxylic acids is 1. The highest BCUT2D eigenvalue weighted by molar-refractivity contribution is 7.15. The van der Waals surface area contributed by atoms with Crippen molar-refractivity contribution in [3.8, 4) is 10.6 Å². The SMILES string of the molecule is CO[n+]1cc(CNC(=O)c2cc(NC3CCCCC3)c3ncc(-c4ccc(C)s4)n3c2)ccc1C. The van der Waals surface area contributed by atoms with Crippen molar-refractivity contribution < 1.29 is 14.4 Å². The predicted octanol–water partition coefficient (Wildman–Crippen LogP) is 4.70. The molecule has 7 nitrogen and oxygen atoms in total. The molecule has 8 heteroatoms. The lowest BCUT2D eigenvalue weighted by molar-refractivity contribution is -0.889. The van der Waals surface area contributed by atoms with Gasteiger partial charge < -0.3 is 10.6 Å². The Labute approximate surface area is 209 Å². The van der Waals surface area contributed by atoms with Gasteiger partial charge in [-0.05, 0) is 44.0 Å². The standard InChI is InChI=1S/C27H31N5O2S/c1-18-9-11-20(16-32(18)34-3)14-29-27(33)21-13-23(30-22-7-5-4-6-8-22)26-28-15-24(31(26)17-21)25-12-10-19(2)35-25/h9-13,15-17,22,30H,4-8,14H2,1-3H3/p+1. The van der Waals surface area contributed by atoms with Crippen LogP contribution < -0.4 is 20.2 Å². The monoisotopic (exact) mass is 490 g/mol. The number of amides is 1. The molecule has 2 N–H and O–H groups in total. The van der Waals surface area contributed by atoms with E-state index < -0.39 is 0 Å². The van der Waals surface area contributed by atoms with Crippen molar-refractivity contribution in [3.63, 3.8) is 0 Å². The topological polar surface area (TPSA) is 71.5 Å². The van der Waals surface area contributed by atoms with Crippen molar-refractivity contribution in [2.45, 2.75) is 58.5 Å². The van der Waals surface area contributed by atoms with Gasteiger partial charge in [0.15, 0.2) is 5.65 Å². The summed E-state index contributed by atoms with van der Waals surface area (Å²) in [6.07, 6.45) is 11.8. The lowest BCUT2D eigenvalue weighted by Crippen LogP contribution is -2.43. The van der Waals surface area contributed by atoms with Crippen molar-refractivity contribution in [1.29, 1.82) is 0 Å². The Morgan fingerprint density at radius 3 is 2.77 bits per heavy atom. The second-order valence-electron chi connectivity index (χ2n) is 9.24. The molecule has 0 saturated heterocycles. The summed E-state index contributed by atoms with van der Waals surface area (Å²) in [4.78, 5) is 25.8. The molecule has 1 aliphatic rings. The van der Waals surface area contributed by atoms with E-state index in [1.807, 2.05) is 43.7 Å². The van der Waals surface area contributed by atoms with Gasteiger partial charge in [0.05, 0.1) is 28.0 Å². The number of nitrogens with one attached hydrogen (secondary N) is 2. The van der Waals surface area contributed by atoms with Gasteiger partial charge in [-0.25, -0.2) is 4.98 Å². The third-order valence-electron chi connectivity index (χ3n) is 6.64. The summed E-state index contributed by atoms with van der Waals surface area (Å²) < 4.78 is 3.75. The van der Waals surface area contributed by atoms with Crippen LogP contribution in [0.3, 0.4) is 0 Å². The van der Waals surface area contributed by atoms with E-state index in [1.54, 1.807) is 23.2 Å². The van der Waals surface area contributed by atoms with E-state index in [2.05, 4.69) is 34.1 Å². The first kappa shape index (κ1) is 23.4. The minimum Gasteiger partial charge on any atom is -0.379 e. The molecule has 4 aromatic heterocycles. The number of aromatic nitrogens is 3. The Morgan fingerprint density at radius 2 is 2.03 bits per heavy atom. The number of fused-ring (bicyclic) bond motifs is 1. The molecule has 182 valence electrons. The Morgan fingerprint density at radius 1 is 1.20 bits per heavy atom. The van der Waals surface area contributed by atoms with Crippen LogP contribution in [-0.4, -0.2) is 28.4 Å². The normalized spacial score (nSPS) is 14.3. The molecule has 1 fully saturated rings. The molecule has 0 unspecified atom stereocenters. The van der Waals surface area contributed by atoms with Gasteiger partial charge >= 0.3 is 0 Å². The van der Waals surface area contributed by atoms with Crippen LogP contribution in [0.5, 0.6) is 0 Å². The fourth-order valence-corrected chi connectivity index (χ4v) is 5.60. The third-order valence-corrected chi connectivity index (χ3v) is 7.67. The Bertz CT molecular complexity index is 1350. The molecule has 4 aromatic rings. The Balaban J connectivity index is 1.46. The molecule has 35 heavy (non-hydrogen) atoms. The van der Waals surface area contributed by atoms with Crippen molar-refractivity contribution in [2.75, 3.05) is 12.4 Å². The number of hydrogen-bond donors (Lipinski definition) is 2. The average molecular weight is 491 g/mol. The minimum absolute atomic E-state index is 0.120. The van der Waals surface area contributed by atoms with Crippen LogP contribution in [-0.2, 0) is 6.54 Å². The largest absolute Gasteiger partial charge is 0.379 e. The summed E-state index contributed by atoms with van der Waals surface area (Å²) in [5.41, 5.74) is 5.33. The van der Waals surface area contributed by atoms with Crippen LogP contribution >= 0.6 is 11.3 Å². The van der Waals surface area contributed by atoms with Crippen molar-refractivity contribution >= 4 is 28.6 Å². The molecule has 0 bridgehead atoms. The van der Waals surface area contributed by atoms with Crippen LogP contribution in [0.2, 0.25) is 0 Å². The fraction of sp³-hybridized carbons (Fsp3) is 0.370. The first-order chi connectivity index (χ1) is 17.0. The maximum atomic E-state index is 13.3. The summed E-state index contributed by atoms with van der Waals surface area (Å²) in [5.74, 6) is -0.120. The van der Waals surface area contributed by atoms with E-state index in [0.717, 1.165) is 46.0 Å². The van der Waals surface area contributed by atoms with E-state index in [0.29, 0.717) is 18.2 Å². The molecule has 5 rings (SSSR count). The van der Waals surface area contributed by atoms with E-state index in [1.165, 1.54) is 24.1 Å². The second-order valence-corrected chi connectivity index (χ2v) is 10.5. The summed E-state index contributed by atoms with van der Waals surface area (Å²) in [5, 5.41) is 6.77. The Hall–Kier alpha value is -3.39. The first-order valence-electron chi connectivity index (χ1n) is 12.2. The van der Waals surface area contributed by atoms with Gasteiger partial charge in [-0.3, -0.25) is 14.0 Å². The Kier molecular flexibility index (Phi) is 6.72. The number of anilines is 1. The quantitative estimate of drug-likeness (QED) is 0.369. The average Bonchev–Trinajstić information content (AvgIpc) is 3.50. The van der Waals surface area contributed by atoms with Gasteiger partial charge in [-0.2, -0.15) is 0 Å². The van der Waals surface area contributed by atoms with Gasteiger partial charge in [0.2, 0.25) is 11.9 Å². The first-order valence-corrected chi connectivity index (χ1v) is 13.0. The molecule has 1 saturated carbocycles. The van der Waals surface area contributed by atoms with Gasteiger partial charge in [0.25, 0.3) is 5.91 Å². The number of rotatable bonds is 7. The van der Waals surface area contributed by atoms with Crippen LogP contribution in [0, 0.1) is 13.8 Å². The molecule has 4 heterocycles. The smallest absolute Gasteiger partial charge is 0.253 e. The molecule has 1 amide bonds. The summed E-state index contributed by atoms with van der Waals surface area (Å²) in [6.45, 7) is 4.48. The van der Waals surface area contributed by atoms with Gasteiger partial charge in [0.1, 0.15) is 7.11 Å². The highest BCUT2D eigenvalue weighted by Crippen LogP contribution is 2.32. The second kappa shape index (κ2) is 10.1. The lowest BCUT2D eigenvalue weighted by atomic mass is 9.95. The number of pyridine rings is 2. The minimum atomic E-state index is -0.120. The number of thiophene rings is 1.